The standard InChI is InChI=1S/C10H10BrNOS/c1-8(11)7-14-10(12-13)9-5-3-2-4-6-9/h2-6,13H,1,7H2/b12-10-. The van der Waals surface area contributed by atoms with Crippen molar-refractivity contribution in [3.63, 3.8) is 0 Å². The topological polar surface area (TPSA) is 32.6 Å². The number of halogens is 1. The van der Waals surface area contributed by atoms with Crippen molar-refractivity contribution in [3.8, 4) is 0 Å². The first kappa shape index (κ1) is 11.3. The van der Waals surface area contributed by atoms with E-state index in [1.807, 2.05) is 30.3 Å². The van der Waals surface area contributed by atoms with Gasteiger partial charge in [-0.3, -0.25) is 0 Å². The number of benzene rings is 1. The van der Waals surface area contributed by atoms with E-state index in [-0.39, 0.29) is 0 Å². The second kappa shape index (κ2) is 5.88. The second-order valence-corrected chi connectivity index (χ2v) is 4.66. The van der Waals surface area contributed by atoms with Crippen LogP contribution in [0.1, 0.15) is 5.56 Å². The molecule has 0 fully saturated rings. The molecule has 14 heavy (non-hydrogen) atoms. The molecule has 1 aromatic rings. The van der Waals surface area contributed by atoms with Crippen LogP contribution in [0.25, 0.3) is 0 Å². The molecule has 74 valence electrons. The molecule has 4 heteroatoms. The Balaban J connectivity index is 2.69. The zero-order chi connectivity index (χ0) is 10.4. The summed E-state index contributed by atoms with van der Waals surface area (Å²) in [5.74, 6) is 0.689. The van der Waals surface area contributed by atoms with Crippen LogP contribution >= 0.6 is 27.7 Å². The molecule has 0 saturated carbocycles. The van der Waals surface area contributed by atoms with E-state index in [9.17, 15) is 0 Å². The van der Waals surface area contributed by atoms with Crippen molar-refractivity contribution in [2.75, 3.05) is 5.75 Å². The third-order valence-corrected chi connectivity index (χ3v) is 3.21. The molecule has 0 unspecified atom stereocenters. The predicted octanol–water partition coefficient (Wildman–Crippen LogP) is 3.46. The minimum absolute atomic E-state index is 0.603. The molecule has 0 amide bonds. The summed E-state index contributed by atoms with van der Waals surface area (Å²) < 4.78 is 0.875. The van der Waals surface area contributed by atoms with Crippen molar-refractivity contribution in [3.05, 3.63) is 47.0 Å². The Labute approximate surface area is 95.8 Å². The van der Waals surface area contributed by atoms with Gasteiger partial charge in [0, 0.05) is 11.3 Å². The lowest BCUT2D eigenvalue weighted by Gasteiger charge is -2.02. The minimum atomic E-state index is 0.603. The van der Waals surface area contributed by atoms with Crippen molar-refractivity contribution in [1.29, 1.82) is 0 Å². The third-order valence-electron chi connectivity index (χ3n) is 1.48. The van der Waals surface area contributed by atoms with Crippen molar-refractivity contribution >= 4 is 32.7 Å². The van der Waals surface area contributed by atoms with Gasteiger partial charge in [0.25, 0.3) is 0 Å². The van der Waals surface area contributed by atoms with Gasteiger partial charge in [0.1, 0.15) is 5.04 Å². The van der Waals surface area contributed by atoms with Crippen molar-refractivity contribution in [1.82, 2.24) is 0 Å². The fourth-order valence-electron chi connectivity index (χ4n) is 0.897. The number of rotatable bonds is 3. The maximum atomic E-state index is 8.81. The number of nitrogens with zero attached hydrogens (tertiary/aromatic N) is 1. The summed E-state index contributed by atoms with van der Waals surface area (Å²) in [7, 11) is 0. The van der Waals surface area contributed by atoms with E-state index in [4.69, 9.17) is 5.21 Å². The van der Waals surface area contributed by atoms with Crippen LogP contribution in [0.5, 0.6) is 0 Å². The van der Waals surface area contributed by atoms with Gasteiger partial charge in [-0.2, -0.15) is 0 Å². The molecule has 1 rings (SSSR count). The molecule has 1 N–H and O–H groups in total. The largest absolute Gasteiger partial charge is 0.410 e. The Morgan fingerprint density at radius 3 is 2.57 bits per heavy atom. The summed E-state index contributed by atoms with van der Waals surface area (Å²) in [6.45, 7) is 3.71. The molecule has 0 aliphatic carbocycles. The highest BCUT2D eigenvalue weighted by Crippen LogP contribution is 2.18. The number of thioether (sulfide) groups is 1. The van der Waals surface area contributed by atoms with Crippen LogP contribution < -0.4 is 0 Å². The first-order valence-corrected chi connectivity index (χ1v) is 5.75. The van der Waals surface area contributed by atoms with E-state index in [1.165, 1.54) is 11.8 Å². The molecule has 0 spiro atoms. The summed E-state index contributed by atoms with van der Waals surface area (Å²) in [5, 5.41) is 12.7. The lowest BCUT2D eigenvalue weighted by molar-refractivity contribution is 0.321. The van der Waals surface area contributed by atoms with Crippen LogP contribution in [0.2, 0.25) is 0 Å². The second-order valence-electron chi connectivity index (χ2n) is 2.58. The van der Waals surface area contributed by atoms with E-state index >= 15 is 0 Å². The molecule has 0 atom stereocenters. The van der Waals surface area contributed by atoms with Crippen LogP contribution in [0.15, 0.2) is 46.5 Å². The summed E-state index contributed by atoms with van der Waals surface area (Å²) in [6, 6.07) is 9.54. The Morgan fingerprint density at radius 1 is 1.43 bits per heavy atom. The van der Waals surface area contributed by atoms with E-state index in [2.05, 4.69) is 27.7 Å². The molecule has 0 aliphatic heterocycles. The normalized spacial score (nSPS) is 11.4. The van der Waals surface area contributed by atoms with Gasteiger partial charge in [-0.05, 0) is 4.48 Å². The fourth-order valence-corrected chi connectivity index (χ4v) is 1.89. The van der Waals surface area contributed by atoms with Gasteiger partial charge < -0.3 is 5.21 Å². The average Bonchev–Trinajstić information content (AvgIpc) is 2.20. The Hall–Kier alpha value is -0.740. The quantitative estimate of drug-likeness (QED) is 0.395. The smallest absolute Gasteiger partial charge is 0.143 e. The molecule has 0 saturated heterocycles. The van der Waals surface area contributed by atoms with Gasteiger partial charge in [0.2, 0.25) is 0 Å². The molecule has 0 heterocycles. The van der Waals surface area contributed by atoms with E-state index < -0.39 is 0 Å². The van der Waals surface area contributed by atoms with E-state index in [1.54, 1.807) is 0 Å². The van der Waals surface area contributed by atoms with Crippen LogP contribution in [-0.4, -0.2) is 16.0 Å². The van der Waals surface area contributed by atoms with Gasteiger partial charge in [-0.15, -0.1) is 0 Å². The molecular weight excluding hydrogens is 262 g/mol. The maximum absolute atomic E-state index is 8.81. The molecule has 2 nitrogen and oxygen atoms in total. The van der Waals surface area contributed by atoms with Crippen molar-refractivity contribution in [2.45, 2.75) is 0 Å². The molecule has 0 aliphatic rings. The molecular formula is C10H10BrNOS. The first-order valence-electron chi connectivity index (χ1n) is 3.97. The van der Waals surface area contributed by atoms with Crippen molar-refractivity contribution < 1.29 is 5.21 Å². The van der Waals surface area contributed by atoms with Gasteiger partial charge in [-0.1, -0.05) is 69.8 Å². The van der Waals surface area contributed by atoms with Crippen molar-refractivity contribution in [2.24, 2.45) is 5.16 Å². The van der Waals surface area contributed by atoms with Crippen LogP contribution in [-0.2, 0) is 0 Å². The van der Waals surface area contributed by atoms with E-state index in [0.717, 1.165) is 10.0 Å². The zero-order valence-corrected chi connectivity index (χ0v) is 9.88. The molecule has 1 aromatic carbocycles. The highest BCUT2D eigenvalue weighted by Gasteiger charge is 2.04. The highest BCUT2D eigenvalue weighted by atomic mass is 79.9. The van der Waals surface area contributed by atoms with Crippen LogP contribution in [0.4, 0.5) is 0 Å². The molecule has 0 radical (unpaired) electrons. The van der Waals surface area contributed by atoms with Gasteiger partial charge in [-0.25, -0.2) is 0 Å². The predicted molar refractivity (Wildman–Crippen MR) is 65.3 cm³/mol. The number of hydrogen-bond donors (Lipinski definition) is 1. The summed E-state index contributed by atoms with van der Waals surface area (Å²) in [4.78, 5) is 0. The lowest BCUT2D eigenvalue weighted by Crippen LogP contribution is -1.96. The Bertz CT molecular complexity index is 337. The Morgan fingerprint density at radius 2 is 2.07 bits per heavy atom. The Kier molecular flexibility index (Phi) is 4.76. The number of hydrogen-bond acceptors (Lipinski definition) is 3. The zero-order valence-electron chi connectivity index (χ0n) is 7.48. The SMILES string of the molecule is C=C(Br)CS/C(=N\O)c1ccccc1. The van der Waals surface area contributed by atoms with Crippen LogP contribution in [0, 0.1) is 0 Å². The van der Waals surface area contributed by atoms with Crippen LogP contribution in [0.3, 0.4) is 0 Å². The minimum Gasteiger partial charge on any atom is -0.410 e. The average molecular weight is 272 g/mol. The summed E-state index contributed by atoms with van der Waals surface area (Å²) >= 11 is 4.69. The summed E-state index contributed by atoms with van der Waals surface area (Å²) in [6.07, 6.45) is 0. The maximum Gasteiger partial charge on any atom is 0.143 e. The lowest BCUT2D eigenvalue weighted by atomic mass is 10.2. The summed E-state index contributed by atoms with van der Waals surface area (Å²) in [5.41, 5.74) is 0.911. The number of oxime groups is 1. The molecule has 0 bridgehead atoms. The first-order chi connectivity index (χ1) is 6.74. The van der Waals surface area contributed by atoms with Gasteiger partial charge >= 0.3 is 0 Å². The monoisotopic (exact) mass is 271 g/mol. The fraction of sp³-hybridized carbons (Fsp3) is 0.100. The van der Waals surface area contributed by atoms with Gasteiger partial charge in [0.15, 0.2) is 0 Å². The van der Waals surface area contributed by atoms with Gasteiger partial charge in [0.05, 0.1) is 0 Å². The van der Waals surface area contributed by atoms with E-state index in [0.29, 0.717) is 10.8 Å². The third kappa shape index (κ3) is 3.55. The highest BCUT2D eigenvalue weighted by molar-refractivity contribution is 9.11. The molecule has 0 aromatic heterocycles.